The minimum absolute atomic E-state index is 0.0648. The molecule has 2 aliphatic rings. The predicted molar refractivity (Wildman–Crippen MR) is 112 cm³/mol. The molecule has 144 valence electrons. The quantitative estimate of drug-likeness (QED) is 0.363. The van der Waals surface area contributed by atoms with Crippen LogP contribution in [0.1, 0.15) is 24.6 Å². The lowest BCUT2D eigenvalue weighted by atomic mass is 9.76. The lowest BCUT2D eigenvalue weighted by molar-refractivity contribution is 0.329. The maximum absolute atomic E-state index is 13.4. The summed E-state index contributed by atoms with van der Waals surface area (Å²) >= 11 is 0. The summed E-state index contributed by atoms with van der Waals surface area (Å²) in [5, 5.41) is 25.5. The molecule has 6 rings (SSSR count). The molecule has 2 atom stereocenters. The fraction of sp³-hybridized carbons (Fsp3) is 0.217. The van der Waals surface area contributed by atoms with Crippen molar-refractivity contribution in [2.45, 2.75) is 24.4 Å². The van der Waals surface area contributed by atoms with Crippen molar-refractivity contribution in [1.82, 2.24) is 14.9 Å². The maximum Gasteiger partial charge on any atom is 0.199 e. The van der Waals surface area contributed by atoms with Gasteiger partial charge in [0.05, 0.1) is 28.0 Å². The second-order valence-corrected chi connectivity index (χ2v) is 8.08. The Kier molecular flexibility index (Phi) is 3.06. The summed E-state index contributed by atoms with van der Waals surface area (Å²) in [4.78, 5) is 18.2. The van der Waals surface area contributed by atoms with Crippen LogP contribution in [0.15, 0.2) is 53.8 Å². The fourth-order valence-corrected chi connectivity index (χ4v) is 5.40. The van der Waals surface area contributed by atoms with E-state index in [4.69, 9.17) is 4.98 Å². The van der Waals surface area contributed by atoms with Gasteiger partial charge in [-0.1, -0.05) is 6.08 Å². The Balaban J connectivity index is 1.85. The molecule has 2 aromatic heterocycles. The number of nitrogens with zero attached hydrogens (tertiary/aromatic N) is 2. The number of fused-ring (bicyclic) bond motifs is 6. The highest BCUT2D eigenvalue weighted by molar-refractivity contribution is 6.00. The average molecular weight is 385 g/mol. The third kappa shape index (κ3) is 1.94. The minimum atomic E-state index is -0.266. The van der Waals surface area contributed by atoms with E-state index in [0.29, 0.717) is 21.8 Å². The van der Waals surface area contributed by atoms with Crippen LogP contribution >= 0.6 is 0 Å². The summed E-state index contributed by atoms with van der Waals surface area (Å²) in [5.41, 5.74) is 2.74. The molecule has 2 aromatic carbocycles. The van der Waals surface area contributed by atoms with Gasteiger partial charge in [0.2, 0.25) is 0 Å². The van der Waals surface area contributed by atoms with E-state index in [9.17, 15) is 15.0 Å². The largest absolute Gasteiger partial charge is 0.508 e. The van der Waals surface area contributed by atoms with E-state index >= 15 is 0 Å². The summed E-state index contributed by atoms with van der Waals surface area (Å²) in [5.74, 6) is 0.226. The number of aromatic nitrogens is 2. The first-order valence-corrected chi connectivity index (χ1v) is 9.73. The van der Waals surface area contributed by atoms with Crippen LogP contribution in [0.2, 0.25) is 0 Å². The number of nitrogens with one attached hydrogen (secondary N) is 1. The molecule has 1 saturated heterocycles. The van der Waals surface area contributed by atoms with Crippen molar-refractivity contribution < 1.29 is 10.2 Å². The Hall–Kier alpha value is -3.38. The second kappa shape index (κ2) is 5.36. The number of phenols is 2. The van der Waals surface area contributed by atoms with E-state index in [1.165, 1.54) is 0 Å². The summed E-state index contributed by atoms with van der Waals surface area (Å²) in [7, 11) is 0. The average Bonchev–Trinajstić information content (AvgIpc) is 3.21. The van der Waals surface area contributed by atoms with Crippen molar-refractivity contribution in [3.05, 3.63) is 64.8 Å². The highest BCUT2D eigenvalue weighted by atomic mass is 16.3. The standard InChI is InChI=1S/C23H19N3O3/c1-2-5-23-6-7-24-22(23)26-19-15(10-14(28)11-17(19)23)20(29)16-9-12-8-13(27)3-4-18(12)25-21(16)26/h2-4,8-11,22,24,27-28H,1,5-7H2/t22-,23+/m1/s1. The Labute approximate surface area is 165 Å². The Morgan fingerprint density at radius 1 is 1.21 bits per heavy atom. The topological polar surface area (TPSA) is 87.4 Å². The van der Waals surface area contributed by atoms with Gasteiger partial charge in [0.25, 0.3) is 0 Å². The number of aromatic hydroxyl groups is 2. The van der Waals surface area contributed by atoms with Crippen LogP contribution in [0.3, 0.4) is 0 Å². The Morgan fingerprint density at radius 2 is 2.07 bits per heavy atom. The number of benzene rings is 2. The van der Waals surface area contributed by atoms with Crippen molar-refractivity contribution >= 4 is 32.8 Å². The molecule has 0 radical (unpaired) electrons. The molecule has 0 bridgehead atoms. The lowest BCUT2D eigenvalue weighted by Gasteiger charge is -2.29. The van der Waals surface area contributed by atoms with Gasteiger partial charge in [-0.2, -0.15) is 0 Å². The van der Waals surface area contributed by atoms with E-state index in [1.54, 1.807) is 36.4 Å². The Bertz CT molecular complexity index is 1440. The van der Waals surface area contributed by atoms with Crippen LogP contribution in [-0.4, -0.2) is 26.3 Å². The number of phenolic OH excluding ortho intramolecular Hbond substituents is 2. The SMILES string of the molecule is C=CC[C@@]12CCN[C@@H]1n1c3nc4ccc(O)cc4cc3c(=O)c3cc(O)cc2c31. The van der Waals surface area contributed by atoms with E-state index in [1.807, 2.05) is 6.08 Å². The molecule has 3 N–H and O–H groups in total. The van der Waals surface area contributed by atoms with E-state index < -0.39 is 0 Å². The minimum Gasteiger partial charge on any atom is -0.508 e. The van der Waals surface area contributed by atoms with Gasteiger partial charge in [-0.3, -0.25) is 10.1 Å². The van der Waals surface area contributed by atoms with Crippen molar-refractivity contribution in [1.29, 1.82) is 0 Å². The van der Waals surface area contributed by atoms with Gasteiger partial charge in [0, 0.05) is 10.8 Å². The molecule has 0 saturated carbocycles. The molecule has 0 aliphatic carbocycles. The molecule has 29 heavy (non-hydrogen) atoms. The first kappa shape index (κ1) is 16.6. The highest BCUT2D eigenvalue weighted by Gasteiger charge is 2.51. The van der Waals surface area contributed by atoms with Gasteiger partial charge < -0.3 is 14.8 Å². The van der Waals surface area contributed by atoms with Crippen molar-refractivity contribution in [3.63, 3.8) is 0 Å². The molecule has 6 heteroatoms. The summed E-state index contributed by atoms with van der Waals surface area (Å²) in [6, 6.07) is 10.1. The molecule has 0 spiro atoms. The number of hydrogen-bond donors (Lipinski definition) is 3. The second-order valence-electron chi connectivity index (χ2n) is 8.08. The molecule has 0 unspecified atom stereocenters. The van der Waals surface area contributed by atoms with Crippen LogP contribution in [0, 0.1) is 0 Å². The molecular formula is C23H19N3O3. The first-order valence-electron chi connectivity index (χ1n) is 9.73. The zero-order chi connectivity index (χ0) is 19.9. The molecule has 0 amide bonds. The van der Waals surface area contributed by atoms with Crippen LogP contribution in [-0.2, 0) is 5.41 Å². The number of pyridine rings is 2. The normalized spacial score (nSPS) is 22.6. The molecular weight excluding hydrogens is 366 g/mol. The number of hydrogen-bond acceptors (Lipinski definition) is 5. The highest BCUT2D eigenvalue weighted by Crippen LogP contribution is 2.53. The van der Waals surface area contributed by atoms with Crippen LogP contribution in [0.4, 0.5) is 0 Å². The van der Waals surface area contributed by atoms with E-state index in [-0.39, 0.29) is 28.5 Å². The lowest BCUT2D eigenvalue weighted by Crippen LogP contribution is -2.32. The predicted octanol–water partition coefficient (Wildman–Crippen LogP) is 3.43. The first-order chi connectivity index (χ1) is 14.0. The molecule has 2 aliphatic heterocycles. The molecule has 1 fully saturated rings. The zero-order valence-electron chi connectivity index (χ0n) is 15.6. The van der Waals surface area contributed by atoms with Gasteiger partial charge in [-0.05, 0) is 61.3 Å². The van der Waals surface area contributed by atoms with Crippen LogP contribution in [0.25, 0.3) is 32.8 Å². The van der Waals surface area contributed by atoms with Crippen molar-refractivity contribution in [3.8, 4) is 11.5 Å². The maximum atomic E-state index is 13.4. The smallest absolute Gasteiger partial charge is 0.199 e. The molecule has 4 heterocycles. The third-order valence-corrected chi connectivity index (χ3v) is 6.57. The fourth-order valence-electron chi connectivity index (χ4n) is 5.40. The summed E-state index contributed by atoms with van der Waals surface area (Å²) in [6.45, 7) is 4.79. The van der Waals surface area contributed by atoms with Gasteiger partial charge in [-0.25, -0.2) is 4.98 Å². The van der Waals surface area contributed by atoms with Gasteiger partial charge in [0.1, 0.15) is 17.1 Å². The number of allylic oxidation sites excluding steroid dienone is 1. The van der Waals surface area contributed by atoms with E-state index in [0.717, 1.165) is 36.0 Å². The summed E-state index contributed by atoms with van der Waals surface area (Å²) in [6.07, 6.45) is 3.47. The molecule has 6 nitrogen and oxygen atoms in total. The van der Waals surface area contributed by atoms with Crippen LogP contribution in [0.5, 0.6) is 11.5 Å². The molecule has 4 aromatic rings. The summed E-state index contributed by atoms with van der Waals surface area (Å²) < 4.78 is 2.13. The number of rotatable bonds is 2. The zero-order valence-corrected chi connectivity index (χ0v) is 15.6. The van der Waals surface area contributed by atoms with Gasteiger partial charge >= 0.3 is 0 Å². The van der Waals surface area contributed by atoms with Crippen molar-refractivity contribution in [2.24, 2.45) is 0 Å². The monoisotopic (exact) mass is 385 g/mol. The van der Waals surface area contributed by atoms with Crippen LogP contribution < -0.4 is 10.7 Å². The van der Waals surface area contributed by atoms with E-state index in [2.05, 4.69) is 16.5 Å². The van der Waals surface area contributed by atoms with Gasteiger partial charge in [-0.15, -0.1) is 6.58 Å². The van der Waals surface area contributed by atoms with Crippen molar-refractivity contribution in [2.75, 3.05) is 6.54 Å². The van der Waals surface area contributed by atoms with Gasteiger partial charge in [0.15, 0.2) is 5.43 Å². The third-order valence-electron chi connectivity index (χ3n) is 6.57. The Morgan fingerprint density at radius 3 is 2.90 bits per heavy atom.